The maximum absolute atomic E-state index is 11.4. The van der Waals surface area contributed by atoms with Crippen LogP contribution in [-0.4, -0.2) is 9.91 Å². The number of thiophene rings is 1. The normalized spacial score (nSPS) is 11.4. The second kappa shape index (κ2) is 7.83. The highest BCUT2D eigenvalue weighted by Crippen LogP contribution is 2.34. The summed E-state index contributed by atoms with van der Waals surface area (Å²) in [5.74, 6) is 0.804. The first-order valence-electron chi connectivity index (χ1n) is 8.52. The Labute approximate surface area is 174 Å². The Hall–Kier alpha value is -3.54. The Kier molecular flexibility index (Phi) is 5.08. The summed E-state index contributed by atoms with van der Waals surface area (Å²) in [7, 11) is 0. The summed E-state index contributed by atoms with van der Waals surface area (Å²) < 4.78 is 5.78. The number of nitriles is 1. The van der Waals surface area contributed by atoms with E-state index in [0.29, 0.717) is 27.7 Å². The van der Waals surface area contributed by atoms with Crippen molar-refractivity contribution in [3.63, 3.8) is 0 Å². The highest BCUT2D eigenvalue weighted by molar-refractivity contribution is 7.14. The molecule has 3 aromatic heterocycles. The SMILES string of the molecule is Cc1ccc(-c2ccc(/C=C(\C#N)c3nc(-c4cccs4)cs3)o2)c([N+](=O)[O-])c1. The summed E-state index contributed by atoms with van der Waals surface area (Å²) in [5, 5.41) is 25.4. The molecule has 8 heteroatoms. The van der Waals surface area contributed by atoms with Crippen molar-refractivity contribution in [1.82, 2.24) is 4.98 Å². The number of hydrogen-bond donors (Lipinski definition) is 0. The number of hydrogen-bond acceptors (Lipinski definition) is 7. The Morgan fingerprint density at radius 2 is 2.14 bits per heavy atom. The highest BCUT2D eigenvalue weighted by atomic mass is 32.1. The lowest BCUT2D eigenvalue weighted by atomic mass is 10.1. The van der Waals surface area contributed by atoms with Crippen LogP contribution >= 0.6 is 22.7 Å². The number of thiazole rings is 1. The molecule has 29 heavy (non-hydrogen) atoms. The molecule has 0 radical (unpaired) electrons. The molecule has 0 atom stereocenters. The molecule has 0 saturated heterocycles. The molecule has 1 aromatic carbocycles. The van der Waals surface area contributed by atoms with Crippen molar-refractivity contribution in [2.24, 2.45) is 0 Å². The molecule has 0 amide bonds. The Morgan fingerprint density at radius 3 is 2.86 bits per heavy atom. The molecule has 0 aliphatic heterocycles. The fourth-order valence-corrected chi connectivity index (χ4v) is 4.34. The number of nitrogens with zero attached hydrogens (tertiary/aromatic N) is 3. The largest absolute Gasteiger partial charge is 0.456 e. The molecular formula is C21H13N3O3S2. The third-order valence-corrected chi connectivity index (χ3v) is 5.93. The van der Waals surface area contributed by atoms with Crippen LogP contribution in [0.3, 0.4) is 0 Å². The van der Waals surface area contributed by atoms with Crippen LogP contribution < -0.4 is 0 Å². The van der Waals surface area contributed by atoms with Crippen LogP contribution in [0.5, 0.6) is 0 Å². The lowest BCUT2D eigenvalue weighted by Crippen LogP contribution is -1.92. The number of nitro benzene ring substituents is 1. The van der Waals surface area contributed by atoms with Gasteiger partial charge in [-0.1, -0.05) is 12.1 Å². The fourth-order valence-electron chi connectivity index (χ4n) is 2.80. The van der Waals surface area contributed by atoms with Crippen molar-refractivity contribution in [2.45, 2.75) is 6.92 Å². The van der Waals surface area contributed by atoms with Gasteiger partial charge in [-0.3, -0.25) is 10.1 Å². The molecule has 4 aromatic rings. The van der Waals surface area contributed by atoms with E-state index in [2.05, 4.69) is 11.1 Å². The van der Waals surface area contributed by atoms with Crippen molar-refractivity contribution in [3.8, 4) is 28.0 Å². The number of aryl methyl sites for hydroxylation is 1. The molecule has 6 nitrogen and oxygen atoms in total. The first-order valence-corrected chi connectivity index (χ1v) is 10.3. The highest BCUT2D eigenvalue weighted by Gasteiger charge is 2.18. The van der Waals surface area contributed by atoms with Crippen molar-refractivity contribution in [2.75, 3.05) is 0 Å². The van der Waals surface area contributed by atoms with Crippen LogP contribution in [0.15, 0.2) is 57.6 Å². The molecule has 4 rings (SSSR count). The van der Waals surface area contributed by atoms with Gasteiger partial charge in [0.2, 0.25) is 0 Å². The van der Waals surface area contributed by atoms with Crippen LogP contribution in [0.1, 0.15) is 16.3 Å². The van der Waals surface area contributed by atoms with Crippen molar-refractivity contribution in [1.29, 1.82) is 5.26 Å². The number of furan rings is 1. The lowest BCUT2D eigenvalue weighted by molar-refractivity contribution is -0.384. The van der Waals surface area contributed by atoms with Crippen molar-refractivity contribution < 1.29 is 9.34 Å². The fraction of sp³-hybridized carbons (Fsp3) is 0.0476. The van der Waals surface area contributed by atoms with Gasteiger partial charge in [-0.15, -0.1) is 22.7 Å². The minimum atomic E-state index is -0.428. The predicted octanol–water partition coefficient (Wildman–Crippen LogP) is 6.41. The molecule has 0 saturated carbocycles. The molecular weight excluding hydrogens is 406 g/mol. The van der Waals surface area contributed by atoms with Crippen molar-refractivity contribution >= 4 is 40.0 Å². The van der Waals surface area contributed by atoms with Gasteiger partial charge >= 0.3 is 0 Å². The molecule has 0 aliphatic rings. The van der Waals surface area contributed by atoms with E-state index in [-0.39, 0.29) is 5.69 Å². The van der Waals surface area contributed by atoms with E-state index in [1.807, 2.05) is 22.9 Å². The topological polar surface area (TPSA) is 93.0 Å². The molecule has 3 heterocycles. The van der Waals surface area contributed by atoms with Gasteiger partial charge in [0, 0.05) is 17.5 Å². The van der Waals surface area contributed by atoms with E-state index in [9.17, 15) is 15.4 Å². The van der Waals surface area contributed by atoms with Crippen LogP contribution in [0.2, 0.25) is 0 Å². The second-order valence-electron chi connectivity index (χ2n) is 6.16. The van der Waals surface area contributed by atoms with E-state index in [1.54, 1.807) is 48.6 Å². The zero-order chi connectivity index (χ0) is 20.4. The van der Waals surface area contributed by atoms with Crippen LogP contribution in [0, 0.1) is 28.4 Å². The smallest absolute Gasteiger partial charge is 0.280 e. The quantitative estimate of drug-likeness (QED) is 0.212. The van der Waals surface area contributed by atoms with E-state index in [0.717, 1.165) is 16.1 Å². The molecule has 142 valence electrons. The van der Waals surface area contributed by atoms with Gasteiger partial charge in [0.15, 0.2) is 0 Å². The third-order valence-electron chi connectivity index (χ3n) is 4.16. The van der Waals surface area contributed by atoms with E-state index >= 15 is 0 Å². The molecule has 0 unspecified atom stereocenters. The lowest BCUT2D eigenvalue weighted by Gasteiger charge is -2.01. The van der Waals surface area contributed by atoms with Crippen LogP contribution in [0.4, 0.5) is 5.69 Å². The molecule has 0 fully saturated rings. The molecule has 0 bridgehead atoms. The standard InChI is InChI=1S/C21H13N3O3S2/c1-13-4-6-16(18(9-13)24(25)26)19-7-5-15(27-19)10-14(11-22)21-23-17(12-29-21)20-3-2-8-28-20/h2-10,12H,1H3/b14-10+. The monoisotopic (exact) mass is 419 g/mol. The maximum Gasteiger partial charge on any atom is 0.280 e. The minimum absolute atomic E-state index is 0.0177. The summed E-state index contributed by atoms with van der Waals surface area (Å²) in [6, 6.07) is 14.4. The van der Waals surface area contributed by atoms with Gasteiger partial charge in [0.25, 0.3) is 5.69 Å². The first-order chi connectivity index (χ1) is 14.0. The number of benzene rings is 1. The van der Waals surface area contributed by atoms with Gasteiger partial charge in [0.05, 0.1) is 26.6 Å². The van der Waals surface area contributed by atoms with Crippen LogP contribution in [-0.2, 0) is 0 Å². The minimum Gasteiger partial charge on any atom is -0.456 e. The Balaban J connectivity index is 1.67. The summed E-state index contributed by atoms with van der Waals surface area (Å²) in [5.41, 5.74) is 2.38. The van der Waals surface area contributed by atoms with Gasteiger partial charge in [-0.25, -0.2) is 4.98 Å². The summed E-state index contributed by atoms with van der Waals surface area (Å²) in [4.78, 5) is 16.5. The maximum atomic E-state index is 11.4. The first kappa shape index (κ1) is 18.8. The molecule has 0 N–H and O–H groups in total. The third kappa shape index (κ3) is 3.87. The molecule has 0 spiro atoms. The zero-order valence-corrected chi connectivity index (χ0v) is 16.8. The number of rotatable bonds is 5. The van der Waals surface area contributed by atoms with E-state index in [1.165, 1.54) is 17.4 Å². The summed E-state index contributed by atoms with van der Waals surface area (Å²) in [6.07, 6.45) is 1.60. The van der Waals surface area contributed by atoms with Crippen LogP contribution in [0.25, 0.3) is 33.5 Å². The van der Waals surface area contributed by atoms with Crippen molar-refractivity contribution in [3.05, 3.63) is 79.7 Å². The average Bonchev–Trinajstić information content (AvgIpc) is 3.46. The van der Waals surface area contributed by atoms with E-state index in [4.69, 9.17) is 4.42 Å². The zero-order valence-electron chi connectivity index (χ0n) is 15.2. The van der Waals surface area contributed by atoms with Gasteiger partial charge in [-0.05, 0) is 42.1 Å². The Bertz CT molecular complexity index is 1260. The Morgan fingerprint density at radius 1 is 1.28 bits per heavy atom. The number of nitro groups is 1. The number of aromatic nitrogens is 1. The van der Waals surface area contributed by atoms with Gasteiger partial charge < -0.3 is 4.42 Å². The average molecular weight is 419 g/mol. The second-order valence-corrected chi connectivity index (χ2v) is 7.97. The van der Waals surface area contributed by atoms with Gasteiger partial charge in [-0.2, -0.15) is 5.26 Å². The predicted molar refractivity (Wildman–Crippen MR) is 114 cm³/mol. The van der Waals surface area contributed by atoms with Gasteiger partial charge in [0.1, 0.15) is 22.6 Å². The number of allylic oxidation sites excluding steroid dienone is 1. The molecule has 0 aliphatic carbocycles. The van der Waals surface area contributed by atoms with E-state index < -0.39 is 4.92 Å². The summed E-state index contributed by atoms with van der Waals surface area (Å²) in [6.45, 7) is 1.80. The summed E-state index contributed by atoms with van der Waals surface area (Å²) >= 11 is 2.97.